The summed E-state index contributed by atoms with van der Waals surface area (Å²) >= 11 is 5.77. The predicted molar refractivity (Wildman–Crippen MR) is 53.8 cm³/mol. The molecule has 12 heavy (non-hydrogen) atoms. The van der Waals surface area contributed by atoms with E-state index in [1.807, 2.05) is 24.3 Å². The molecule has 1 nitrogen and oxygen atoms in total. The zero-order chi connectivity index (χ0) is 8.55. The summed E-state index contributed by atoms with van der Waals surface area (Å²) in [5.74, 6) is 0. The number of nitriles is 1. The highest BCUT2D eigenvalue weighted by molar-refractivity contribution is 7.80. The molecule has 0 aliphatic carbocycles. The summed E-state index contributed by atoms with van der Waals surface area (Å²) in [7, 11) is 0. The van der Waals surface area contributed by atoms with E-state index in [1.54, 1.807) is 0 Å². The van der Waals surface area contributed by atoms with Crippen LogP contribution in [0.5, 0.6) is 0 Å². The van der Waals surface area contributed by atoms with Gasteiger partial charge in [0.25, 0.3) is 0 Å². The minimum atomic E-state index is 0.694. The zero-order valence-electron chi connectivity index (χ0n) is 6.11. The summed E-state index contributed by atoms with van der Waals surface area (Å²) in [6.07, 6.45) is 0. The fourth-order valence-electron chi connectivity index (χ4n) is 1.11. The van der Waals surface area contributed by atoms with Gasteiger partial charge in [0.15, 0.2) is 0 Å². The first-order valence-electron chi connectivity index (χ1n) is 3.43. The SMILES string of the molecule is N#Cc1sc2ccccc2c1S. The fraction of sp³-hybridized carbons (Fsp3) is 0. The van der Waals surface area contributed by atoms with Crippen LogP contribution in [0.25, 0.3) is 10.1 Å². The van der Waals surface area contributed by atoms with Gasteiger partial charge in [0.05, 0.1) is 0 Å². The molecule has 0 N–H and O–H groups in total. The van der Waals surface area contributed by atoms with E-state index in [2.05, 4.69) is 18.7 Å². The Bertz CT molecular complexity index is 465. The molecule has 0 amide bonds. The fourth-order valence-corrected chi connectivity index (χ4v) is 2.46. The molecule has 58 valence electrons. The van der Waals surface area contributed by atoms with Gasteiger partial charge in [-0.05, 0) is 6.07 Å². The highest BCUT2D eigenvalue weighted by atomic mass is 32.1. The Hall–Kier alpha value is -0.980. The second-order valence-corrected chi connectivity index (χ2v) is 3.89. The van der Waals surface area contributed by atoms with E-state index in [1.165, 1.54) is 11.3 Å². The summed E-state index contributed by atoms with van der Waals surface area (Å²) in [5.41, 5.74) is 0. The molecular formula is C9H5NS2. The first-order valence-corrected chi connectivity index (χ1v) is 4.70. The van der Waals surface area contributed by atoms with Gasteiger partial charge in [-0.2, -0.15) is 5.26 Å². The summed E-state index contributed by atoms with van der Waals surface area (Å²) in [6.45, 7) is 0. The largest absolute Gasteiger partial charge is 0.191 e. The van der Waals surface area contributed by atoms with Gasteiger partial charge in [0.2, 0.25) is 0 Å². The standard InChI is InChI=1S/C9H5NS2/c10-5-8-9(11)6-3-1-2-4-7(6)12-8/h1-4,11H. The van der Waals surface area contributed by atoms with E-state index in [0.29, 0.717) is 4.88 Å². The maximum atomic E-state index is 8.73. The molecule has 0 unspecified atom stereocenters. The zero-order valence-corrected chi connectivity index (χ0v) is 7.82. The van der Waals surface area contributed by atoms with Crippen molar-refractivity contribution in [2.75, 3.05) is 0 Å². The Morgan fingerprint density at radius 3 is 2.75 bits per heavy atom. The third-order valence-electron chi connectivity index (χ3n) is 1.67. The van der Waals surface area contributed by atoms with Gasteiger partial charge in [-0.3, -0.25) is 0 Å². The van der Waals surface area contributed by atoms with Gasteiger partial charge in [-0.25, -0.2) is 0 Å². The molecule has 0 radical (unpaired) electrons. The summed E-state index contributed by atoms with van der Waals surface area (Å²) in [4.78, 5) is 1.50. The number of fused-ring (bicyclic) bond motifs is 1. The van der Waals surface area contributed by atoms with E-state index in [-0.39, 0.29) is 0 Å². The van der Waals surface area contributed by atoms with Gasteiger partial charge >= 0.3 is 0 Å². The molecule has 0 aliphatic heterocycles. The maximum Gasteiger partial charge on any atom is 0.119 e. The average Bonchev–Trinajstić information content (AvgIpc) is 2.44. The summed E-state index contributed by atoms with van der Waals surface area (Å²) in [6, 6.07) is 10.0. The van der Waals surface area contributed by atoms with Crippen molar-refractivity contribution in [2.45, 2.75) is 4.90 Å². The van der Waals surface area contributed by atoms with Crippen LogP contribution in [0.2, 0.25) is 0 Å². The predicted octanol–water partition coefficient (Wildman–Crippen LogP) is 3.06. The van der Waals surface area contributed by atoms with Gasteiger partial charge in [0.1, 0.15) is 10.9 Å². The topological polar surface area (TPSA) is 23.8 Å². The molecule has 0 atom stereocenters. The van der Waals surface area contributed by atoms with Gasteiger partial charge in [0, 0.05) is 15.0 Å². The van der Waals surface area contributed by atoms with Crippen molar-refractivity contribution in [3.8, 4) is 6.07 Å². The van der Waals surface area contributed by atoms with Crippen LogP contribution in [0.1, 0.15) is 4.88 Å². The van der Waals surface area contributed by atoms with Crippen LogP contribution < -0.4 is 0 Å². The van der Waals surface area contributed by atoms with Crippen molar-refractivity contribution in [3.05, 3.63) is 29.1 Å². The molecule has 0 fully saturated rings. The molecule has 0 bridgehead atoms. The van der Waals surface area contributed by atoms with Crippen LogP contribution in [-0.4, -0.2) is 0 Å². The van der Waals surface area contributed by atoms with Crippen molar-refractivity contribution < 1.29 is 0 Å². The normalized spacial score (nSPS) is 10.0. The summed E-state index contributed by atoms with van der Waals surface area (Å²) in [5, 5.41) is 9.80. The third-order valence-corrected chi connectivity index (χ3v) is 3.36. The lowest BCUT2D eigenvalue weighted by atomic mass is 10.2. The highest BCUT2D eigenvalue weighted by Crippen LogP contribution is 2.32. The Labute approximate surface area is 79.7 Å². The van der Waals surface area contributed by atoms with Crippen molar-refractivity contribution in [1.82, 2.24) is 0 Å². The molecule has 0 spiro atoms. The number of hydrogen-bond acceptors (Lipinski definition) is 3. The van der Waals surface area contributed by atoms with E-state index < -0.39 is 0 Å². The van der Waals surface area contributed by atoms with Gasteiger partial charge < -0.3 is 0 Å². The Kier molecular flexibility index (Phi) is 1.80. The van der Waals surface area contributed by atoms with E-state index in [0.717, 1.165) is 15.0 Å². The lowest BCUT2D eigenvalue weighted by molar-refractivity contribution is 1.48. The van der Waals surface area contributed by atoms with Crippen LogP contribution in [0.3, 0.4) is 0 Å². The van der Waals surface area contributed by atoms with Crippen LogP contribution in [0.15, 0.2) is 29.2 Å². The minimum Gasteiger partial charge on any atom is -0.191 e. The number of thiophene rings is 1. The summed E-state index contributed by atoms with van der Waals surface area (Å²) < 4.78 is 1.12. The molecule has 3 heteroatoms. The quantitative estimate of drug-likeness (QED) is 0.636. The molecule has 0 saturated carbocycles. The monoisotopic (exact) mass is 191 g/mol. The van der Waals surface area contributed by atoms with Crippen LogP contribution in [0.4, 0.5) is 0 Å². The van der Waals surface area contributed by atoms with Crippen molar-refractivity contribution in [1.29, 1.82) is 5.26 Å². The van der Waals surface area contributed by atoms with Crippen molar-refractivity contribution >= 4 is 34.1 Å². The minimum absolute atomic E-state index is 0.694. The number of hydrogen-bond donors (Lipinski definition) is 1. The first-order chi connectivity index (χ1) is 5.83. The molecular weight excluding hydrogens is 186 g/mol. The van der Waals surface area contributed by atoms with Crippen molar-refractivity contribution in [2.24, 2.45) is 0 Å². The third kappa shape index (κ3) is 1.01. The van der Waals surface area contributed by atoms with Gasteiger partial charge in [-0.1, -0.05) is 18.2 Å². The van der Waals surface area contributed by atoms with Crippen molar-refractivity contribution in [3.63, 3.8) is 0 Å². The molecule has 1 aromatic carbocycles. The molecule has 1 heterocycles. The molecule has 1 aromatic heterocycles. The number of rotatable bonds is 0. The second kappa shape index (κ2) is 2.81. The van der Waals surface area contributed by atoms with Crippen LogP contribution >= 0.6 is 24.0 Å². The molecule has 2 aromatic rings. The Morgan fingerprint density at radius 1 is 1.33 bits per heavy atom. The number of benzene rings is 1. The van der Waals surface area contributed by atoms with E-state index in [4.69, 9.17) is 5.26 Å². The van der Waals surface area contributed by atoms with Gasteiger partial charge in [-0.15, -0.1) is 24.0 Å². The lowest BCUT2D eigenvalue weighted by Crippen LogP contribution is -1.64. The van der Waals surface area contributed by atoms with Crippen LogP contribution in [0, 0.1) is 11.3 Å². The Balaban J connectivity index is 2.90. The number of thiol groups is 1. The average molecular weight is 191 g/mol. The highest BCUT2D eigenvalue weighted by Gasteiger charge is 2.06. The van der Waals surface area contributed by atoms with Crippen LogP contribution in [-0.2, 0) is 0 Å². The van der Waals surface area contributed by atoms with E-state index in [9.17, 15) is 0 Å². The second-order valence-electron chi connectivity index (χ2n) is 2.39. The maximum absolute atomic E-state index is 8.73. The molecule has 2 rings (SSSR count). The first kappa shape index (κ1) is 7.66. The molecule has 0 aliphatic rings. The lowest BCUT2D eigenvalue weighted by Gasteiger charge is -1.86. The number of nitrogens with zero attached hydrogens (tertiary/aromatic N) is 1. The molecule has 0 saturated heterocycles. The Morgan fingerprint density at radius 2 is 2.08 bits per heavy atom. The smallest absolute Gasteiger partial charge is 0.119 e. The van der Waals surface area contributed by atoms with E-state index >= 15 is 0 Å².